The highest BCUT2D eigenvalue weighted by Gasteiger charge is 2.10. The summed E-state index contributed by atoms with van der Waals surface area (Å²) in [5.41, 5.74) is 0.560. The van der Waals surface area contributed by atoms with Gasteiger partial charge in [-0.2, -0.15) is 8.78 Å². The van der Waals surface area contributed by atoms with Crippen molar-refractivity contribution in [3.05, 3.63) is 41.1 Å². The molecule has 0 saturated heterocycles. The Balaban J connectivity index is 2.20. The first kappa shape index (κ1) is 13.2. The van der Waals surface area contributed by atoms with Gasteiger partial charge in [-0.05, 0) is 28.1 Å². The molecule has 0 bridgehead atoms. The molecule has 0 amide bonds. The zero-order chi connectivity index (χ0) is 13.0. The first-order valence-electron chi connectivity index (χ1n) is 4.93. The molecule has 0 unspecified atom stereocenters. The van der Waals surface area contributed by atoms with Crippen molar-refractivity contribution in [3.63, 3.8) is 0 Å². The minimum Gasteiger partial charge on any atom is -0.323 e. The Morgan fingerprint density at radius 2 is 1.83 bits per heavy atom. The number of halogens is 3. The summed E-state index contributed by atoms with van der Waals surface area (Å²) in [6.45, 7) is 0. The van der Waals surface area contributed by atoms with Crippen LogP contribution in [0.25, 0.3) is 0 Å². The average molecular weight is 332 g/mol. The molecule has 0 spiro atoms. The van der Waals surface area contributed by atoms with Gasteiger partial charge in [-0.25, -0.2) is 9.97 Å². The van der Waals surface area contributed by atoms with Crippen LogP contribution in [0.3, 0.4) is 0 Å². The summed E-state index contributed by atoms with van der Waals surface area (Å²) in [7, 11) is 0. The van der Waals surface area contributed by atoms with Crippen molar-refractivity contribution in [2.75, 3.05) is 5.32 Å². The van der Waals surface area contributed by atoms with Crippen molar-refractivity contribution in [3.8, 4) is 0 Å². The second kappa shape index (κ2) is 6.10. The van der Waals surface area contributed by atoms with E-state index in [-0.39, 0.29) is 0 Å². The highest BCUT2D eigenvalue weighted by molar-refractivity contribution is 9.10. The third-order valence-corrected chi connectivity index (χ3v) is 3.17. The highest BCUT2D eigenvalue weighted by Crippen LogP contribution is 2.32. The molecule has 1 N–H and O–H groups in total. The summed E-state index contributed by atoms with van der Waals surface area (Å²) in [5, 5.41) is 2.91. The Labute approximate surface area is 115 Å². The zero-order valence-electron chi connectivity index (χ0n) is 8.98. The predicted molar refractivity (Wildman–Crippen MR) is 71.3 cm³/mol. The standard InChI is InChI=1S/C11H8BrF2N3S/c12-7-5-15-11(16-6-7)17-8-3-1-2-4-9(8)18-10(13)14/h1-6,10H,(H,15,16,17). The van der Waals surface area contributed by atoms with Gasteiger partial charge in [0, 0.05) is 17.3 Å². The van der Waals surface area contributed by atoms with E-state index in [0.29, 0.717) is 28.3 Å². The van der Waals surface area contributed by atoms with Crippen molar-refractivity contribution < 1.29 is 8.78 Å². The van der Waals surface area contributed by atoms with Gasteiger partial charge in [0.15, 0.2) is 0 Å². The highest BCUT2D eigenvalue weighted by atomic mass is 79.9. The average Bonchev–Trinajstić information content (AvgIpc) is 2.34. The van der Waals surface area contributed by atoms with Gasteiger partial charge in [0.05, 0.1) is 10.2 Å². The summed E-state index contributed by atoms with van der Waals surface area (Å²) >= 11 is 3.71. The molecule has 7 heteroatoms. The fourth-order valence-electron chi connectivity index (χ4n) is 1.27. The number of hydrogen-bond donors (Lipinski definition) is 1. The molecule has 0 saturated carbocycles. The van der Waals surface area contributed by atoms with Crippen LogP contribution in [0.15, 0.2) is 46.0 Å². The number of para-hydroxylation sites is 1. The molecule has 2 aromatic rings. The van der Waals surface area contributed by atoms with Gasteiger partial charge in [-0.3, -0.25) is 0 Å². The number of hydrogen-bond acceptors (Lipinski definition) is 4. The smallest absolute Gasteiger partial charge is 0.288 e. The summed E-state index contributed by atoms with van der Waals surface area (Å²) in [4.78, 5) is 8.51. The second-order valence-electron chi connectivity index (χ2n) is 3.22. The summed E-state index contributed by atoms with van der Waals surface area (Å²) in [6.07, 6.45) is 3.16. The molecular weight excluding hydrogens is 324 g/mol. The van der Waals surface area contributed by atoms with E-state index in [2.05, 4.69) is 31.2 Å². The van der Waals surface area contributed by atoms with Crippen LogP contribution in [-0.4, -0.2) is 15.7 Å². The van der Waals surface area contributed by atoms with Crippen LogP contribution in [0.1, 0.15) is 0 Å². The number of alkyl halides is 2. The van der Waals surface area contributed by atoms with E-state index in [9.17, 15) is 8.78 Å². The van der Waals surface area contributed by atoms with E-state index >= 15 is 0 Å². The topological polar surface area (TPSA) is 37.8 Å². The molecule has 0 atom stereocenters. The van der Waals surface area contributed by atoms with Crippen LogP contribution < -0.4 is 5.32 Å². The molecule has 1 heterocycles. The summed E-state index contributed by atoms with van der Waals surface area (Å²) in [5.74, 6) is -2.10. The minimum atomic E-state index is -2.46. The number of benzene rings is 1. The zero-order valence-corrected chi connectivity index (χ0v) is 11.4. The normalized spacial score (nSPS) is 10.7. The van der Waals surface area contributed by atoms with E-state index < -0.39 is 5.76 Å². The quantitative estimate of drug-likeness (QED) is 0.848. The lowest BCUT2D eigenvalue weighted by Gasteiger charge is -2.09. The number of thioether (sulfide) groups is 1. The first-order chi connectivity index (χ1) is 8.65. The van der Waals surface area contributed by atoms with Gasteiger partial charge in [0.25, 0.3) is 5.76 Å². The van der Waals surface area contributed by atoms with Crippen LogP contribution in [0.5, 0.6) is 0 Å². The van der Waals surface area contributed by atoms with Crippen molar-refractivity contribution in [2.24, 2.45) is 0 Å². The van der Waals surface area contributed by atoms with Gasteiger partial charge in [0.2, 0.25) is 5.95 Å². The number of anilines is 2. The molecule has 0 radical (unpaired) electrons. The van der Waals surface area contributed by atoms with Crippen molar-refractivity contribution in [2.45, 2.75) is 10.7 Å². The first-order valence-corrected chi connectivity index (χ1v) is 6.61. The van der Waals surface area contributed by atoms with Crippen molar-refractivity contribution in [1.29, 1.82) is 0 Å². The maximum atomic E-state index is 12.4. The maximum Gasteiger partial charge on any atom is 0.288 e. The second-order valence-corrected chi connectivity index (χ2v) is 5.17. The third-order valence-electron chi connectivity index (χ3n) is 1.97. The summed E-state index contributed by atoms with van der Waals surface area (Å²) in [6, 6.07) is 6.79. The fraction of sp³-hybridized carbons (Fsp3) is 0.0909. The molecule has 3 nitrogen and oxygen atoms in total. The fourth-order valence-corrected chi connectivity index (χ4v) is 2.07. The molecule has 0 fully saturated rings. The molecule has 1 aromatic heterocycles. The minimum absolute atomic E-state index is 0.362. The molecular formula is C11H8BrF2N3S. The largest absolute Gasteiger partial charge is 0.323 e. The van der Waals surface area contributed by atoms with Crippen LogP contribution in [0, 0.1) is 0 Å². The summed E-state index contributed by atoms with van der Waals surface area (Å²) < 4.78 is 25.5. The molecule has 18 heavy (non-hydrogen) atoms. The van der Waals surface area contributed by atoms with Crippen LogP contribution >= 0.6 is 27.7 Å². The molecule has 0 aliphatic heterocycles. The Morgan fingerprint density at radius 3 is 2.50 bits per heavy atom. The Hall–Kier alpha value is -1.21. The lowest BCUT2D eigenvalue weighted by molar-refractivity contribution is 0.252. The lowest BCUT2D eigenvalue weighted by atomic mass is 10.3. The molecule has 0 aliphatic rings. The van der Waals surface area contributed by atoms with Gasteiger partial charge in [-0.15, -0.1) is 0 Å². The van der Waals surface area contributed by atoms with Gasteiger partial charge in [0.1, 0.15) is 0 Å². The van der Waals surface area contributed by atoms with E-state index in [1.165, 1.54) is 0 Å². The van der Waals surface area contributed by atoms with Gasteiger partial charge < -0.3 is 5.32 Å². The Bertz CT molecular complexity index is 522. The number of aromatic nitrogens is 2. The maximum absolute atomic E-state index is 12.4. The predicted octanol–water partition coefficient (Wildman–Crippen LogP) is 4.30. The molecule has 2 rings (SSSR count). The van der Waals surface area contributed by atoms with Crippen LogP contribution in [-0.2, 0) is 0 Å². The number of nitrogens with zero attached hydrogens (tertiary/aromatic N) is 2. The molecule has 94 valence electrons. The molecule has 0 aliphatic carbocycles. The lowest BCUT2D eigenvalue weighted by Crippen LogP contribution is -1.98. The van der Waals surface area contributed by atoms with Crippen LogP contribution in [0.4, 0.5) is 20.4 Å². The number of rotatable bonds is 4. The molecule has 1 aromatic carbocycles. The van der Waals surface area contributed by atoms with E-state index in [0.717, 1.165) is 4.47 Å². The van der Waals surface area contributed by atoms with Crippen molar-refractivity contribution >= 4 is 39.3 Å². The van der Waals surface area contributed by atoms with Gasteiger partial charge in [-0.1, -0.05) is 23.9 Å². The van der Waals surface area contributed by atoms with Crippen molar-refractivity contribution in [1.82, 2.24) is 9.97 Å². The Kier molecular flexibility index (Phi) is 4.48. The van der Waals surface area contributed by atoms with Gasteiger partial charge >= 0.3 is 0 Å². The SMILES string of the molecule is FC(F)Sc1ccccc1Nc1ncc(Br)cn1. The Morgan fingerprint density at radius 1 is 1.17 bits per heavy atom. The van der Waals surface area contributed by atoms with E-state index in [4.69, 9.17) is 0 Å². The van der Waals surface area contributed by atoms with E-state index in [1.807, 2.05) is 0 Å². The monoisotopic (exact) mass is 331 g/mol. The number of nitrogens with one attached hydrogen (secondary N) is 1. The third kappa shape index (κ3) is 3.64. The van der Waals surface area contributed by atoms with E-state index in [1.54, 1.807) is 36.7 Å². The van der Waals surface area contributed by atoms with Crippen LogP contribution in [0.2, 0.25) is 0 Å².